The second-order valence-electron chi connectivity index (χ2n) is 9.16. The van der Waals surface area contributed by atoms with Crippen molar-refractivity contribution in [3.05, 3.63) is 95.6 Å². The van der Waals surface area contributed by atoms with E-state index in [0.29, 0.717) is 0 Å². The molecule has 1 fully saturated rings. The fraction of sp³-hybridized carbons (Fsp3) is 0.250. The summed E-state index contributed by atoms with van der Waals surface area (Å²) in [5.74, 6) is -1.45. The van der Waals surface area contributed by atoms with Gasteiger partial charge in [0.2, 0.25) is 5.91 Å². The molecule has 7 heteroatoms. The van der Waals surface area contributed by atoms with Crippen LogP contribution in [0.4, 0.5) is 4.79 Å². The highest BCUT2D eigenvalue weighted by molar-refractivity contribution is 5.84. The number of aliphatic carboxylic acids is 1. The Morgan fingerprint density at radius 2 is 1.54 bits per heavy atom. The minimum absolute atomic E-state index is 0.00961. The van der Waals surface area contributed by atoms with Gasteiger partial charge in [0.15, 0.2) is 0 Å². The topological polar surface area (TPSA) is 105 Å². The van der Waals surface area contributed by atoms with Gasteiger partial charge in [0, 0.05) is 12.3 Å². The number of hydrogen-bond donors (Lipinski definition) is 3. The van der Waals surface area contributed by atoms with E-state index in [1.54, 1.807) is 0 Å². The standard InChI is InChI=1S/C28H26N2O5/c31-25-14-24(28(30-25,16-26(32)33)15-18-8-2-1-3-9-18)29-27(34)35-17-23-21-12-6-4-10-19(21)20-11-5-7-13-22(20)23/h1-13,23-24H,14-17H2,(H,29,34)(H,30,31)(H,32,33)/t24-,28+/m0/s1. The monoisotopic (exact) mass is 470 g/mol. The summed E-state index contributed by atoms with van der Waals surface area (Å²) in [6.45, 7) is 0.137. The molecule has 0 radical (unpaired) electrons. The van der Waals surface area contributed by atoms with E-state index in [1.165, 1.54) is 0 Å². The van der Waals surface area contributed by atoms with Gasteiger partial charge in [-0.3, -0.25) is 9.59 Å². The largest absolute Gasteiger partial charge is 0.481 e. The minimum atomic E-state index is -1.14. The third-order valence-corrected chi connectivity index (χ3v) is 6.91. The predicted octanol–water partition coefficient (Wildman–Crippen LogP) is 3.87. The van der Waals surface area contributed by atoms with Gasteiger partial charge < -0.3 is 20.5 Å². The number of carbonyl (C=O) groups is 3. The van der Waals surface area contributed by atoms with Crippen LogP contribution in [0.2, 0.25) is 0 Å². The van der Waals surface area contributed by atoms with Gasteiger partial charge in [0.1, 0.15) is 6.61 Å². The summed E-state index contributed by atoms with van der Waals surface area (Å²) < 4.78 is 5.65. The smallest absolute Gasteiger partial charge is 0.407 e. The number of alkyl carbamates (subject to hydrolysis) is 1. The third kappa shape index (κ3) is 4.49. The molecule has 3 N–H and O–H groups in total. The molecular formula is C28H26N2O5. The van der Waals surface area contributed by atoms with Crippen LogP contribution in [0, 0.1) is 0 Å². The van der Waals surface area contributed by atoms with E-state index in [9.17, 15) is 19.5 Å². The van der Waals surface area contributed by atoms with Crippen molar-refractivity contribution in [2.75, 3.05) is 6.61 Å². The number of carboxylic acid groups (broad SMARTS) is 1. The molecule has 35 heavy (non-hydrogen) atoms. The van der Waals surface area contributed by atoms with Gasteiger partial charge in [-0.1, -0.05) is 78.9 Å². The summed E-state index contributed by atoms with van der Waals surface area (Å²) >= 11 is 0. The van der Waals surface area contributed by atoms with Crippen molar-refractivity contribution in [2.24, 2.45) is 0 Å². The molecule has 1 aliphatic carbocycles. The normalized spacial score (nSPS) is 20.6. The van der Waals surface area contributed by atoms with E-state index in [2.05, 4.69) is 22.8 Å². The summed E-state index contributed by atoms with van der Waals surface area (Å²) in [4.78, 5) is 37.0. The number of rotatable bonds is 7. The first-order valence-electron chi connectivity index (χ1n) is 11.6. The Morgan fingerprint density at radius 3 is 2.17 bits per heavy atom. The molecule has 1 heterocycles. The minimum Gasteiger partial charge on any atom is -0.481 e. The van der Waals surface area contributed by atoms with Gasteiger partial charge in [0.05, 0.1) is 18.0 Å². The van der Waals surface area contributed by atoms with E-state index in [1.807, 2.05) is 66.7 Å². The van der Waals surface area contributed by atoms with Crippen LogP contribution in [0.15, 0.2) is 78.9 Å². The van der Waals surface area contributed by atoms with E-state index in [0.717, 1.165) is 27.8 Å². The van der Waals surface area contributed by atoms with Gasteiger partial charge in [0.25, 0.3) is 0 Å². The Morgan fingerprint density at radius 1 is 0.943 bits per heavy atom. The summed E-state index contributed by atoms with van der Waals surface area (Å²) in [6, 6.07) is 24.7. The van der Waals surface area contributed by atoms with Crippen LogP contribution in [0.5, 0.6) is 0 Å². The van der Waals surface area contributed by atoms with Crippen molar-refractivity contribution in [2.45, 2.75) is 36.8 Å². The first-order valence-corrected chi connectivity index (χ1v) is 11.6. The summed E-state index contributed by atoms with van der Waals surface area (Å²) in [5, 5.41) is 15.2. The van der Waals surface area contributed by atoms with Crippen molar-refractivity contribution >= 4 is 18.0 Å². The zero-order chi connectivity index (χ0) is 24.4. The van der Waals surface area contributed by atoms with Crippen LogP contribution >= 0.6 is 0 Å². The Bertz CT molecular complexity index is 1230. The molecule has 1 saturated heterocycles. The average molecular weight is 471 g/mol. The van der Waals surface area contributed by atoms with Gasteiger partial charge >= 0.3 is 12.1 Å². The van der Waals surface area contributed by atoms with Crippen LogP contribution < -0.4 is 10.6 Å². The highest BCUT2D eigenvalue weighted by Crippen LogP contribution is 2.44. The van der Waals surface area contributed by atoms with E-state index < -0.39 is 23.6 Å². The average Bonchev–Trinajstić information content (AvgIpc) is 3.31. The van der Waals surface area contributed by atoms with Crippen LogP contribution in [0.3, 0.4) is 0 Å². The lowest BCUT2D eigenvalue weighted by molar-refractivity contribution is -0.138. The lowest BCUT2D eigenvalue weighted by Gasteiger charge is -2.34. The molecule has 0 saturated carbocycles. The lowest BCUT2D eigenvalue weighted by atomic mass is 9.82. The molecule has 2 aliphatic rings. The number of ether oxygens (including phenoxy) is 1. The molecule has 1 aliphatic heterocycles. The second-order valence-corrected chi connectivity index (χ2v) is 9.16. The van der Waals surface area contributed by atoms with Crippen molar-refractivity contribution in [1.82, 2.24) is 10.6 Å². The second kappa shape index (κ2) is 9.25. The van der Waals surface area contributed by atoms with Gasteiger partial charge in [-0.15, -0.1) is 0 Å². The molecule has 0 unspecified atom stereocenters. The molecule has 2 atom stereocenters. The first kappa shape index (κ1) is 22.7. The molecule has 5 rings (SSSR count). The van der Waals surface area contributed by atoms with Crippen LogP contribution in [-0.2, 0) is 20.7 Å². The fourth-order valence-electron chi connectivity index (χ4n) is 5.40. The van der Waals surface area contributed by atoms with Crippen molar-refractivity contribution in [3.8, 4) is 11.1 Å². The molecule has 3 aromatic rings. The lowest BCUT2D eigenvalue weighted by Crippen LogP contribution is -2.58. The number of benzene rings is 3. The number of fused-ring (bicyclic) bond motifs is 3. The molecule has 178 valence electrons. The molecule has 7 nitrogen and oxygen atoms in total. The third-order valence-electron chi connectivity index (χ3n) is 6.91. The number of amides is 2. The maximum Gasteiger partial charge on any atom is 0.407 e. The van der Waals surface area contributed by atoms with Crippen LogP contribution in [0.25, 0.3) is 11.1 Å². The maximum absolute atomic E-state index is 12.9. The highest BCUT2D eigenvalue weighted by atomic mass is 16.5. The van der Waals surface area contributed by atoms with Crippen molar-refractivity contribution < 1.29 is 24.2 Å². The summed E-state index contributed by atoms with van der Waals surface area (Å²) in [6.07, 6.45) is -0.719. The van der Waals surface area contributed by atoms with Gasteiger partial charge in [-0.25, -0.2) is 4.79 Å². The predicted molar refractivity (Wildman–Crippen MR) is 130 cm³/mol. The molecule has 0 aromatic heterocycles. The van der Waals surface area contributed by atoms with E-state index in [4.69, 9.17) is 4.74 Å². The maximum atomic E-state index is 12.9. The molecule has 0 spiro atoms. The number of hydrogen-bond acceptors (Lipinski definition) is 4. The van der Waals surface area contributed by atoms with Gasteiger partial charge in [-0.2, -0.15) is 0 Å². The number of nitrogens with one attached hydrogen (secondary N) is 2. The molecule has 0 bridgehead atoms. The first-order chi connectivity index (χ1) is 16.9. The Balaban J connectivity index is 1.32. The summed E-state index contributed by atoms with van der Waals surface area (Å²) in [5.41, 5.74) is 4.19. The quantitative estimate of drug-likeness (QED) is 0.486. The summed E-state index contributed by atoms with van der Waals surface area (Å²) in [7, 11) is 0. The van der Waals surface area contributed by atoms with Gasteiger partial charge in [-0.05, 0) is 34.2 Å². The molecule has 3 aromatic carbocycles. The number of carboxylic acids is 1. The Kier molecular flexibility index (Phi) is 5.99. The van der Waals surface area contributed by atoms with E-state index in [-0.39, 0.29) is 37.7 Å². The van der Waals surface area contributed by atoms with E-state index >= 15 is 0 Å². The Hall–Kier alpha value is -4.13. The Labute approximate surface area is 203 Å². The number of carbonyl (C=O) groups excluding carboxylic acids is 2. The zero-order valence-electron chi connectivity index (χ0n) is 19.1. The van der Waals surface area contributed by atoms with Crippen LogP contribution in [-0.4, -0.2) is 41.3 Å². The van der Waals surface area contributed by atoms with Crippen LogP contribution in [0.1, 0.15) is 35.4 Å². The highest BCUT2D eigenvalue weighted by Gasteiger charge is 2.49. The SMILES string of the molecule is O=C(O)C[C@@]1(Cc2ccccc2)NC(=O)C[C@@H]1NC(=O)OCC1c2ccccc2-c2ccccc21. The molecular weight excluding hydrogens is 444 g/mol. The van der Waals surface area contributed by atoms with Crippen molar-refractivity contribution in [1.29, 1.82) is 0 Å². The van der Waals surface area contributed by atoms with Crippen molar-refractivity contribution in [3.63, 3.8) is 0 Å². The molecule has 2 amide bonds. The zero-order valence-corrected chi connectivity index (χ0v) is 19.1. The fourth-order valence-corrected chi connectivity index (χ4v) is 5.40.